The van der Waals surface area contributed by atoms with Gasteiger partial charge in [-0.05, 0) is 6.42 Å². The van der Waals surface area contributed by atoms with E-state index in [0.717, 1.165) is 12.8 Å². The van der Waals surface area contributed by atoms with Crippen LogP contribution in [0.3, 0.4) is 0 Å². The molecule has 0 saturated carbocycles. The largest absolute Gasteiger partial charge is 0.374 e. The average Bonchev–Trinajstić information content (AvgIpc) is 2.00. The van der Waals surface area contributed by atoms with Crippen LogP contribution >= 0.6 is 0 Å². The van der Waals surface area contributed by atoms with Crippen molar-refractivity contribution in [2.45, 2.75) is 32.3 Å². The fourth-order valence-corrected chi connectivity index (χ4v) is 0.887. The summed E-state index contributed by atoms with van der Waals surface area (Å²) in [7, 11) is 1.54. The molecule has 0 aromatic carbocycles. The molecular weight excluding hydrogens is 140 g/mol. The zero-order valence-corrected chi connectivity index (χ0v) is 7.09. The van der Waals surface area contributed by atoms with Crippen molar-refractivity contribution >= 4 is 5.78 Å². The van der Waals surface area contributed by atoms with Gasteiger partial charge in [0.05, 0.1) is 6.42 Å². The molecular formula is C9H14O2. The highest BCUT2D eigenvalue weighted by molar-refractivity contribution is 5.85. The van der Waals surface area contributed by atoms with Crippen molar-refractivity contribution in [2.75, 3.05) is 7.11 Å². The second-order valence-electron chi connectivity index (χ2n) is 2.36. The Labute approximate surface area is 67.9 Å². The summed E-state index contributed by atoms with van der Waals surface area (Å²) in [6.07, 6.45) is 6.58. The SMILES string of the molecule is C#CCC(=O)C(CCC)OC. The first kappa shape index (κ1) is 10.2. The molecule has 0 heterocycles. The number of ketones is 1. The first-order valence-corrected chi connectivity index (χ1v) is 3.75. The van der Waals surface area contributed by atoms with E-state index in [1.165, 1.54) is 7.11 Å². The zero-order chi connectivity index (χ0) is 8.69. The first-order valence-electron chi connectivity index (χ1n) is 3.75. The maximum atomic E-state index is 11.1. The number of carbonyl (C=O) groups is 1. The lowest BCUT2D eigenvalue weighted by Crippen LogP contribution is -2.21. The Morgan fingerprint density at radius 2 is 2.36 bits per heavy atom. The molecule has 0 amide bonds. The van der Waals surface area contributed by atoms with Gasteiger partial charge in [0, 0.05) is 7.11 Å². The van der Waals surface area contributed by atoms with E-state index >= 15 is 0 Å². The van der Waals surface area contributed by atoms with Crippen molar-refractivity contribution in [3.05, 3.63) is 0 Å². The molecule has 2 nitrogen and oxygen atoms in total. The fraction of sp³-hybridized carbons (Fsp3) is 0.667. The van der Waals surface area contributed by atoms with Crippen LogP contribution in [0, 0.1) is 12.3 Å². The predicted octanol–water partition coefficient (Wildman–Crippen LogP) is 1.39. The van der Waals surface area contributed by atoms with Crippen molar-refractivity contribution < 1.29 is 9.53 Å². The van der Waals surface area contributed by atoms with E-state index < -0.39 is 0 Å². The predicted molar refractivity (Wildman–Crippen MR) is 44.2 cm³/mol. The molecule has 62 valence electrons. The van der Waals surface area contributed by atoms with Crippen LogP contribution in [0.1, 0.15) is 26.2 Å². The molecule has 2 heteroatoms. The lowest BCUT2D eigenvalue weighted by Gasteiger charge is -2.10. The summed E-state index contributed by atoms with van der Waals surface area (Å²) >= 11 is 0. The van der Waals surface area contributed by atoms with Gasteiger partial charge in [-0.1, -0.05) is 19.3 Å². The summed E-state index contributed by atoms with van der Waals surface area (Å²) in [6, 6.07) is 0. The summed E-state index contributed by atoms with van der Waals surface area (Å²) in [6.45, 7) is 2.01. The van der Waals surface area contributed by atoms with Crippen LogP contribution in [0.15, 0.2) is 0 Å². The Morgan fingerprint density at radius 3 is 2.73 bits per heavy atom. The fourth-order valence-electron chi connectivity index (χ4n) is 0.887. The Hall–Kier alpha value is -0.810. The van der Waals surface area contributed by atoms with Gasteiger partial charge in [-0.25, -0.2) is 0 Å². The molecule has 0 rings (SSSR count). The van der Waals surface area contributed by atoms with Crippen LogP contribution in [0.4, 0.5) is 0 Å². The molecule has 11 heavy (non-hydrogen) atoms. The maximum absolute atomic E-state index is 11.1. The van der Waals surface area contributed by atoms with Crippen molar-refractivity contribution in [3.63, 3.8) is 0 Å². The lowest BCUT2D eigenvalue weighted by atomic mass is 10.1. The van der Waals surface area contributed by atoms with E-state index in [2.05, 4.69) is 5.92 Å². The lowest BCUT2D eigenvalue weighted by molar-refractivity contribution is -0.128. The standard InChI is InChI=1S/C9H14O2/c1-4-6-8(10)9(11-3)7-5-2/h1,9H,5-7H2,2-3H3. The third-order valence-corrected chi connectivity index (χ3v) is 1.47. The second-order valence-corrected chi connectivity index (χ2v) is 2.36. The van der Waals surface area contributed by atoms with Gasteiger partial charge in [-0.2, -0.15) is 0 Å². The Bertz CT molecular complexity index is 155. The van der Waals surface area contributed by atoms with Crippen LogP contribution in [0.25, 0.3) is 0 Å². The van der Waals surface area contributed by atoms with Crippen molar-refractivity contribution in [3.8, 4) is 12.3 Å². The van der Waals surface area contributed by atoms with Crippen LogP contribution in [-0.4, -0.2) is 19.0 Å². The van der Waals surface area contributed by atoms with E-state index in [0.29, 0.717) is 0 Å². The van der Waals surface area contributed by atoms with E-state index in [4.69, 9.17) is 11.2 Å². The van der Waals surface area contributed by atoms with E-state index in [-0.39, 0.29) is 18.3 Å². The molecule has 0 fully saturated rings. The summed E-state index contributed by atoms with van der Waals surface area (Å²) in [4.78, 5) is 11.1. The molecule has 0 aromatic heterocycles. The Morgan fingerprint density at radius 1 is 1.73 bits per heavy atom. The third-order valence-electron chi connectivity index (χ3n) is 1.47. The van der Waals surface area contributed by atoms with Gasteiger partial charge in [-0.3, -0.25) is 4.79 Å². The quantitative estimate of drug-likeness (QED) is 0.559. The Kier molecular flexibility index (Phi) is 5.50. The molecule has 0 spiro atoms. The highest BCUT2D eigenvalue weighted by Crippen LogP contribution is 2.03. The highest BCUT2D eigenvalue weighted by atomic mass is 16.5. The van der Waals surface area contributed by atoms with E-state index in [9.17, 15) is 4.79 Å². The summed E-state index contributed by atoms with van der Waals surface area (Å²) in [5, 5.41) is 0. The molecule has 0 saturated heterocycles. The molecule has 1 atom stereocenters. The van der Waals surface area contributed by atoms with Crippen molar-refractivity contribution in [1.29, 1.82) is 0 Å². The minimum Gasteiger partial charge on any atom is -0.374 e. The van der Waals surface area contributed by atoms with Crippen molar-refractivity contribution in [1.82, 2.24) is 0 Å². The normalized spacial score (nSPS) is 12.1. The molecule has 0 aliphatic rings. The van der Waals surface area contributed by atoms with Crippen molar-refractivity contribution in [2.24, 2.45) is 0 Å². The van der Waals surface area contributed by atoms with Gasteiger partial charge in [-0.15, -0.1) is 6.42 Å². The third kappa shape index (κ3) is 3.79. The van der Waals surface area contributed by atoms with Gasteiger partial charge in [0.1, 0.15) is 6.10 Å². The van der Waals surface area contributed by atoms with Gasteiger partial charge >= 0.3 is 0 Å². The summed E-state index contributed by atoms with van der Waals surface area (Å²) < 4.78 is 4.96. The number of rotatable bonds is 5. The molecule has 1 unspecified atom stereocenters. The number of carbonyl (C=O) groups excluding carboxylic acids is 1. The number of terminal acetylenes is 1. The van der Waals surface area contributed by atoms with Gasteiger partial charge in [0.25, 0.3) is 0 Å². The molecule has 0 aliphatic heterocycles. The van der Waals surface area contributed by atoms with Crippen LogP contribution < -0.4 is 0 Å². The van der Waals surface area contributed by atoms with Crippen LogP contribution in [0.2, 0.25) is 0 Å². The molecule has 0 aromatic rings. The molecule has 0 radical (unpaired) electrons. The average molecular weight is 154 g/mol. The van der Waals surface area contributed by atoms with Gasteiger partial charge < -0.3 is 4.74 Å². The molecule has 0 N–H and O–H groups in total. The highest BCUT2D eigenvalue weighted by Gasteiger charge is 2.14. The second kappa shape index (κ2) is 5.94. The number of methoxy groups -OCH3 is 1. The minimum atomic E-state index is -0.295. The van der Waals surface area contributed by atoms with E-state index in [1.54, 1.807) is 0 Å². The first-order chi connectivity index (χ1) is 5.26. The maximum Gasteiger partial charge on any atom is 0.173 e. The minimum absolute atomic E-state index is 0.0110. The number of hydrogen-bond acceptors (Lipinski definition) is 2. The number of ether oxygens (including phenoxy) is 1. The zero-order valence-electron chi connectivity index (χ0n) is 7.09. The Balaban J connectivity index is 3.83. The topological polar surface area (TPSA) is 26.3 Å². The van der Waals surface area contributed by atoms with Crippen LogP contribution in [-0.2, 0) is 9.53 Å². The molecule has 0 bridgehead atoms. The van der Waals surface area contributed by atoms with Crippen LogP contribution in [0.5, 0.6) is 0 Å². The summed E-state index contributed by atoms with van der Waals surface area (Å²) in [5.41, 5.74) is 0. The molecule has 0 aliphatic carbocycles. The number of hydrogen-bond donors (Lipinski definition) is 0. The monoisotopic (exact) mass is 154 g/mol. The van der Waals surface area contributed by atoms with Gasteiger partial charge in [0.2, 0.25) is 0 Å². The van der Waals surface area contributed by atoms with Gasteiger partial charge in [0.15, 0.2) is 5.78 Å². The van der Waals surface area contributed by atoms with E-state index in [1.807, 2.05) is 6.92 Å². The summed E-state index contributed by atoms with van der Waals surface area (Å²) in [5.74, 6) is 2.32. The number of Topliss-reactive ketones (excluding diaryl/α,β-unsaturated/α-hetero) is 1. The smallest absolute Gasteiger partial charge is 0.173 e.